The van der Waals surface area contributed by atoms with E-state index in [0.29, 0.717) is 38.3 Å². The van der Waals surface area contributed by atoms with Crippen molar-refractivity contribution in [2.75, 3.05) is 32.8 Å². The molecule has 24 heavy (non-hydrogen) atoms. The predicted octanol–water partition coefficient (Wildman–Crippen LogP) is 2.78. The molecule has 0 radical (unpaired) electrons. The number of ether oxygens (including phenoxy) is 2. The lowest BCUT2D eigenvalue weighted by molar-refractivity contribution is 0.0141. The molecule has 1 aromatic carbocycles. The van der Waals surface area contributed by atoms with Crippen LogP contribution in [0.2, 0.25) is 0 Å². The molecule has 6 heteroatoms. The normalized spacial score (nSPS) is 15.2. The molecule has 1 aliphatic rings. The molecule has 132 valence electrons. The molecule has 6 nitrogen and oxygen atoms in total. The lowest BCUT2D eigenvalue weighted by Crippen LogP contribution is -2.51. The minimum Gasteiger partial charge on any atom is -0.494 e. The highest BCUT2D eigenvalue weighted by Crippen LogP contribution is 2.16. The van der Waals surface area contributed by atoms with E-state index < -0.39 is 5.60 Å². The van der Waals surface area contributed by atoms with Crippen LogP contribution in [-0.2, 0) is 4.74 Å². The third-order valence-electron chi connectivity index (χ3n) is 3.63. The second-order valence-corrected chi connectivity index (χ2v) is 6.72. The van der Waals surface area contributed by atoms with Crippen LogP contribution < -0.4 is 4.74 Å². The summed E-state index contributed by atoms with van der Waals surface area (Å²) in [6.45, 7) is 10.0. The molecule has 1 saturated heterocycles. The Bertz CT molecular complexity index is 570. The van der Waals surface area contributed by atoms with E-state index in [-0.39, 0.29) is 12.0 Å². The molecular weight excluding hydrogens is 308 g/mol. The Morgan fingerprint density at radius 3 is 2.04 bits per heavy atom. The molecule has 1 heterocycles. The molecule has 1 aromatic rings. The number of rotatable bonds is 3. The van der Waals surface area contributed by atoms with Gasteiger partial charge in [-0.3, -0.25) is 4.79 Å². The minimum absolute atomic E-state index is 0.0260. The predicted molar refractivity (Wildman–Crippen MR) is 91.3 cm³/mol. The molecule has 0 atom stereocenters. The smallest absolute Gasteiger partial charge is 0.410 e. The van der Waals surface area contributed by atoms with E-state index in [1.165, 1.54) is 0 Å². The third-order valence-corrected chi connectivity index (χ3v) is 3.63. The molecule has 0 saturated carbocycles. The van der Waals surface area contributed by atoms with Gasteiger partial charge in [-0.1, -0.05) is 0 Å². The molecular formula is C18H26N2O4. The molecule has 0 spiro atoms. The summed E-state index contributed by atoms with van der Waals surface area (Å²) in [5, 5.41) is 0. The van der Waals surface area contributed by atoms with Gasteiger partial charge in [-0.05, 0) is 52.0 Å². The average molecular weight is 334 g/mol. The Morgan fingerprint density at radius 1 is 1.00 bits per heavy atom. The maximum atomic E-state index is 12.5. The van der Waals surface area contributed by atoms with Gasteiger partial charge in [0.05, 0.1) is 6.61 Å². The van der Waals surface area contributed by atoms with Crippen molar-refractivity contribution in [3.05, 3.63) is 29.8 Å². The van der Waals surface area contributed by atoms with Gasteiger partial charge < -0.3 is 19.3 Å². The van der Waals surface area contributed by atoms with Crippen LogP contribution in [0.1, 0.15) is 38.1 Å². The van der Waals surface area contributed by atoms with Gasteiger partial charge >= 0.3 is 6.09 Å². The Labute approximate surface area is 143 Å². The van der Waals surface area contributed by atoms with Gasteiger partial charge in [-0.2, -0.15) is 0 Å². The minimum atomic E-state index is -0.508. The van der Waals surface area contributed by atoms with Crippen LogP contribution in [0.3, 0.4) is 0 Å². The molecule has 2 amide bonds. The second-order valence-electron chi connectivity index (χ2n) is 6.72. The summed E-state index contributed by atoms with van der Waals surface area (Å²) in [5.74, 6) is 0.727. The highest BCUT2D eigenvalue weighted by atomic mass is 16.6. The number of benzene rings is 1. The van der Waals surface area contributed by atoms with Gasteiger partial charge in [-0.15, -0.1) is 0 Å². The van der Waals surface area contributed by atoms with E-state index >= 15 is 0 Å². The number of piperazine rings is 1. The quantitative estimate of drug-likeness (QED) is 0.853. The van der Waals surface area contributed by atoms with Crippen LogP contribution in [0.4, 0.5) is 4.79 Å². The largest absolute Gasteiger partial charge is 0.494 e. The number of carbonyl (C=O) groups is 2. The summed E-state index contributed by atoms with van der Waals surface area (Å²) in [7, 11) is 0. The summed E-state index contributed by atoms with van der Waals surface area (Å²) in [6, 6.07) is 7.14. The van der Waals surface area contributed by atoms with Crippen LogP contribution >= 0.6 is 0 Å². The van der Waals surface area contributed by atoms with Crippen LogP contribution in [-0.4, -0.2) is 60.2 Å². The number of hydrogen-bond acceptors (Lipinski definition) is 4. The monoisotopic (exact) mass is 334 g/mol. The second kappa shape index (κ2) is 7.55. The van der Waals surface area contributed by atoms with Crippen molar-refractivity contribution in [3.63, 3.8) is 0 Å². The number of carbonyl (C=O) groups excluding carboxylic acids is 2. The zero-order valence-corrected chi connectivity index (χ0v) is 14.9. The van der Waals surface area contributed by atoms with E-state index in [1.807, 2.05) is 27.7 Å². The lowest BCUT2D eigenvalue weighted by atomic mass is 10.1. The molecule has 0 bridgehead atoms. The Hall–Kier alpha value is -2.24. The molecule has 0 aromatic heterocycles. The molecule has 1 fully saturated rings. The molecule has 0 unspecified atom stereocenters. The van der Waals surface area contributed by atoms with Crippen LogP contribution in [0.25, 0.3) is 0 Å². The van der Waals surface area contributed by atoms with Crippen LogP contribution in [0.15, 0.2) is 24.3 Å². The van der Waals surface area contributed by atoms with Crippen LogP contribution in [0, 0.1) is 0 Å². The summed E-state index contributed by atoms with van der Waals surface area (Å²) in [6.07, 6.45) is -0.323. The molecule has 2 rings (SSSR count). The van der Waals surface area contributed by atoms with Crippen molar-refractivity contribution in [2.45, 2.75) is 33.3 Å². The van der Waals surface area contributed by atoms with Crippen molar-refractivity contribution in [1.82, 2.24) is 9.80 Å². The number of nitrogens with zero attached hydrogens (tertiary/aromatic N) is 2. The first-order valence-corrected chi connectivity index (χ1v) is 8.30. The Kier molecular flexibility index (Phi) is 5.70. The van der Waals surface area contributed by atoms with E-state index in [9.17, 15) is 9.59 Å². The lowest BCUT2D eigenvalue weighted by Gasteiger charge is -2.35. The first kappa shape index (κ1) is 18.1. The van der Waals surface area contributed by atoms with Crippen molar-refractivity contribution >= 4 is 12.0 Å². The van der Waals surface area contributed by atoms with Gasteiger partial charge in [0, 0.05) is 31.7 Å². The number of hydrogen-bond donors (Lipinski definition) is 0. The van der Waals surface area contributed by atoms with Crippen molar-refractivity contribution < 1.29 is 19.1 Å². The fraction of sp³-hybridized carbons (Fsp3) is 0.556. The Balaban J connectivity index is 1.89. The first-order chi connectivity index (χ1) is 11.3. The molecule has 0 N–H and O–H groups in total. The van der Waals surface area contributed by atoms with Crippen molar-refractivity contribution in [3.8, 4) is 5.75 Å². The summed E-state index contributed by atoms with van der Waals surface area (Å²) >= 11 is 0. The maximum absolute atomic E-state index is 12.5. The zero-order valence-electron chi connectivity index (χ0n) is 14.9. The first-order valence-electron chi connectivity index (χ1n) is 8.30. The van der Waals surface area contributed by atoms with Gasteiger partial charge in [0.1, 0.15) is 11.4 Å². The van der Waals surface area contributed by atoms with Gasteiger partial charge in [-0.25, -0.2) is 4.79 Å². The summed E-state index contributed by atoms with van der Waals surface area (Å²) in [5.41, 5.74) is 0.121. The summed E-state index contributed by atoms with van der Waals surface area (Å²) < 4.78 is 10.7. The SMILES string of the molecule is CCOc1ccc(C(=O)N2CCN(C(=O)OC(C)(C)C)CC2)cc1. The van der Waals surface area contributed by atoms with E-state index in [1.54, 1.807) is 34.1 Å². The third kappa shape index (κ3) is 4.88. The topological polar surface area (TPSA) is 59.1 Å². The Morgan fingerprint density at radius 2 is 1.54 bits per heavy atom. The molecule has 1 aliphatic heterocycles. The van der Waals surface area contributed by atoms with Crippen molar-refractivity contribution in [2.24, 2.45) is 0 Å². The van der Waals surface area contributed by atoms with E-state index in [2.05, 4.69) is 0 Å². The standard InChI is InChI=1S/C18H26N2O4/c1-5-23-15-8-6-14(7-9-15)16(21)19-10-12-20(13-11-19)17(22)24-18(2,3)4/h6-9H,5,10-13H2,1-4H3. The summed E-state index contributed by atoms with van der Waals surface area (Å²) in [4.78, 5) is 28.0. The van der Waals surface area contributed by atoms with Gasteiger partial charge in [0.15, 0.2) is 0 Å². The highest BCUT2D eigenvalue weighted by molar-refractivity contribution is 5.94. The van der Waals surface area contributed by atoms with Gasteiger partial charge in [0.25, 0.3) is 5.91 Å². The van der Waals surface area contributed by atoms with Crippen LogP contribution in [0.5, 0.6) is 5.75 Å². The average Bonchev–Trinajstić information content (AvgIpc) is 2.54. The van der Waals surface area contributed by atoms with Gasteiger partial charge in [0.2, 0.25) is 0 Å². The van der Waals surface area contributed by atoms with E-state index in [0.717, 1.165) is 5.75 Å². The van der Waals surface area contributed by atoms with E-state index in [4.69, 9.17) is 9.47 Å². The molecule has 0 aliphatic carbocycles. The fourth-order valence-electron chi connectivity index (χ4n) is 2.46. The highest BCUT2D eigenvalue weighted by Gasteiger charge is 2.28. The number of amides is 2. The van der Waals surface area contributed by atoms with Crippen molar-refractivity contribution in [1.29, 1.82) is 0 Å². The fourth-order valence-corrected chi connectivity index (χ4v) is 2.46. The zero-order chi connectivity index (χ0) is 17.7. The maximum Gasteiger partial charge on any atom is 0.410 e.